The van der Waals surface area contributed by atoms with Crippen molar-refractivity contribution >= 4 is 5.91 Å². The molecule has 0 bridgehead atoms. The van der Waals surface area contributed by atoms with Crippen LogP contribution in [0.2, 0.25) is 0 Å². The van der Waals surface area contributed by atoms with Gasteiger partial charge in [-0.25, -0.2) is 9.97 Å². The van der Waals surface area contributed by atoms with Crippen LogP contribution >= 0.6 is 0 Å². The lowest BCUT2D eigenvalue weighted by Gasteiger charge is -2.24. The number of likely N-dealkylation sites (N-methyl/N-ethyl adjacent to an activating group) is 1. The van der Waals surface area contributed by atoms with E-state index < -0.39 is 17.8 Å². The summed E-state index contributed by atoms with van der Waals surface area (Å²) in [5.74, 6) is 0.0191. The normalized spacial score (nSPS) is 20.6. The first-order valence-electron chi connectivity index (χ1n) is 7.63. The first-order chi connectivity index (χ1) is 11.9. The van der Waals surface area contributed by atoms with Gasteiger partial charge in [-0.15, -0.1) is 0 Å². The van der Waals surface area contributed by atoms with E-state index in [2.05, 4.69) is 20.2 Å². The Bertz CT molecular complexity index is 735. The molecule has 0 radical (unpaired) electrons. The summed E-state index contributed by atoms with van der Waals surface area (Å²) in [6, 6.07) is 3.26. The fourth-order valence-electron chi connectivity index (χ4n) is 2.79. The molecule has 0 unspecified atom stereocenters. The van der Waals surface area contributed by atoms with E-state index >= 15 is 0 Å². The van der Waals surface area contributed by atoms with Crippen molar-refractivity contribution in [3.8, 4) is 0 Å². The van der Waals surface area contributed by atoms with Gasteiger partial charge in [-0.1, -0.05) is 6.07 Å². The van der Waals surface area contributed by atoms with Crippen LogP contribution in [0.4, 0.5) is 13.2 Å². The molecule has 1 aliphatic heterocycles. The van der Waals surface area contributed by atoms with E-state index in [1.807, 2.05) is 0 Å². The molecular formula is C15H16F3N5O2. The Labute approximate surface area is 141 Å². The number of aromatic amines is 1. The minimum atomic E-state index is -4.60. The fraction of sp³-hybridized carbons (Fsp3) is 0.467. The van der Waals surface area contributed by atoms with Gasteiger partial charge in [0.05, 0.1) is 6.10 Å². The number of ether oxygens (including phenoxy) is 1. The van der Waals surface area contributed by atoms with Crippen LogP contribution in [0.5, 0.6) is 0 Å². The zero-order valence-electron chi connectivity index (χ0n) is 13.3. The molecule has 2 aromatic rings. The second-order valence-corrected chi connectivity index (χ2v) is 5.77. The Balaban J connectivity index is 1.71. The molecule has 1 fully saturated rings. The molecule has 0 spiro atoms. The number of aromatic nitrogens is 4. The molecule has 10 heteroatoms. The van der Waals surface area contributed by atoms with Crippen LogP contribution in [-0.4, -0.2) is 57.3 Å². The smallest absolute Gasteiger partial charge is 0.376 e. The number of nitrogens with zero attached hydrogens (tertiary/aromatic N) is 4. The van der Waals surface area contributed by atoms with Crippen molar-refractivity contribution in [3.05, 3.63) is 41.7 Å². The third kappa shape index (κ3) is 3.78. The maximum absolute atomic E-state index is 12.7. The molecule has 1 saturated heterocycles. The van der Waals surface area contributed by atoms with Crippen LogP contribution in [0, 0.1) is 0 Å². The first kappa shape index (κ1) is 17.3. The van der Waals surface area contributed by atoms with Crippen molar-refractivity contribution in [2.75, 3.05) is 20.2 Å². The van der Waals surface area contributed by atoms with Crippen LogP contribution in [0.3, 0.4) is 0 Å². The molecule has 3 rings (SSSR count). The van der Waals surface area contributed by atoms with Gasteiger partial charge < -0.3 is 9.64 Å². The molecule has 3 heterocycles. The standard InChI is InChI=1S/C15H16F3N5O2/c1-23(7-11-9(5-6-25-11)13-19-8-20-22-13)14(24)10-3-2-4-12(21-10)15(16,17)18/h2-4,8-9,11H,5-7H2,1H3,(H,19,20,22)/t9-,11-/m1/s1. The van der Waals surface area contributed by atoms with Gasteiger partial charge in [0.2, 0.25) is 0 Å². The van der Waals surface area contributed by atoms with Gasteiger partial charge in [0.25, 0.3) is 5.91 Å². The van der Waals surface area contributed by atoms with Crippen molar-refractivity contribution in [3.63, 3.8) is 0 Å². The largest absolute Gasteiger partial charge is 0.433 e. The molecule has 7 nitrogen and oxygen atoms in total. The van der Waals surface area contributed by atoms with Crippen molar-refractivity contribution in [1.82, 2.24) is 25.1 Å². The zero-order chi connectivity index (χ0) is 18.0. The molecule has 2 atom stereocenters. The fourth-order valence-corrected chi connectivity index (χ4v) is 2.79. The summed E-state index contributed by atoms with van der Waals surface area (Å²) < 4.78 is 43.9. The third-order valence-electron chi connectivity index (χ3n) is 4.05. The van der Waals surface area contributed by atoms with E-state index in [0.29, 0.717) is 12.4 Å². The lowest BCUT2D eigenvalue weighted by Crippen LogP contribution is -2.37. The summed E-state index contributed by atoms with van der Waals surface area (Å²) in [7, 11) is 1.50. The number of carbonyl (C=O) groups is 1. The van der Waals surface area contributed by atoms with E-state index in [1.54, 1.807) is 0 Å². The van der Waals surface area contributed by atoms with Gasteiger partial charge in [-0.2, -0.15) is 18.3 Å². The summed E-state index contributed by atoms with van der Waals surface area (Å²) in [4.78, 5) is 21.2. The summed E-state index contributed by atoms with van der Waals surface area (Å²) in [5.41, 5.74) is -1.35. The average Bonchev–Trinajstić information content (AvgIpc) is 3.24. The van der Waals surface area contributed by atoms with Crippen molar-refractivity contribution < 1.29 is 22.7 Å². The predicted octanol–water partition coefficient (Wildman–Crippen LogP) is 1.86. The van der Waals surface area contributed by atoms with Gasteiger partial charge in [0.15, 0.2) is 0 Å². The number of alkyl halides is 3. The highest BCUT2D eigenvalue weighted by molar-refractivity contribution is 5.92. The maximum Gasteiger partial charge on any atom is 0.433 e. The SMILES string of the molecule is CN(C[C@H]1OCC[C@H]1c1ncn[nH]1)C(=O)c1cccc(C(F)(F)F)n1. The molecule has 0 aliphatic carbocycles. The summed E-state index contributed by atoms with van der Waals surface area (Å²) in [5, 5.41) is 6.59. The van der Waals surface area contributed by atoms with Gasteiger partial charge in [0, 0.05) is 26.1 Å². The Morgan fingerprint density at radius 2 is 2.24 bits per heavy atom. The molecule has 1 amide bonds. The van der Waals surface area contributed by atoms with Crippen LogP contribution in [0.1, 0.15) is 34.3 Å². The Kier molecular flexibility index (Phi) is 4.71. The Hall–Kier alpha value is -2.49. The molecule has 0 saturated carbocycles. The molecule has 134 valence electrons. The maximum atomic E-state index is 12.7. The molecule has 2 aromatic heterocycles. The number of hydrogen-bond acceptors (Lipinski definition) is 5. The van der Waals surface area contributed by atoms with E-state index in [4.69, 9.17) is 4.74 Å². The van der Waals surface area contributed by atoms with Crippen LogP contribution in [0.15, 0.2) is 24.5 Å². The average molecular weight is 355 g/mol. The third-order valence-corrected chi connectivity index (χ3v) is 4.05. The summed E-state index contributed by atoms with van der Waals surface area (Å²) in [6.45, 7) is 0.724. The molecule has 0 aromatic carbocycles. The Morgan fingerprint density at radius 1 is 1.44 bits per heavy atom. The lowest BCUT2D eigenvalue weighted by atomic mass is 10.0. The Morgan fingerprint density at radius 3 is 2.92 bits per heavy atom. The van der Waals surface area contributed by atoms with Gasteiger partial charge in [0.1, 0.15) is 23.5 Å². The van der Waals surface area contributed by atoms with Crippen LogP contribution in [0.25, 0.3) is 0 Å². The zero-order valence-corrected chi connectivity index (χ0v) is 13.3. The summed E-state index contributed by atoms with van der Waals surface area (Å²) in [6.07, 6.45) is -2.79. The lowest BCUT2D eigenvalue weighted by molar-refractivity contribution is -0.141. The van der Waals surface area contributed by atoms with Crippen LogP contribution in [-0.2, 0) is 10.9 Å². The second-order valence-electron chi connectivity index (χ2n) is 5.77. The quantitative estimate of drug-likeness (QED) is 0.905. The highest BCUT2D eigenvalue weighted by Gasteiger charge is 2.35. The summed E-state index contributed by atoms with van der Waals surface area (Å²) >= 11 is 0. The number of hydrogen-bond donors (Lipinski definition) is 1. The van der Waals surface area contributed by atoms with Crippen LogP contribution < -0.4 is 0 Å². The number of halogens is 3. The van der Waals surface area contributed by atoms with E-state index in [-0.39, 0.29) is 24.3 Å². The monoisotopic (exact) mass is 355 g/mol. The number of rotatable bonds is 4. The number of carbonyl (C=O) groups excluding carboxylic acids is 1. The second kappa shape index (κ2) is 6.79. The van der Waals surface area contributed by atoms with E-state index in [1.165, 1.54) is 30.4 Å². The number of H-pyrrole nitrogens is 1. The molecule has 1 aliphatic rings. The van der Waals surface area contributed by atoms with Crippen molar-refractivity contribution in [2.45, 2.75) is 24.6 Å². The first-order valence-corrected chi connectivity index (χ1v) is 7.63. The number of amides is 1. The minimum absolute atomic E-state index is 0.0489. The minimum Gasteiger partial charge on any atom is -0.376 e. The van der Waals surface area contributed by atoms with Crippen molar-refractivity contribution in [1.29, 1.82) is 0 Å². The van der Waals surface area contributed by atoms with Gasteiger partial charge in [-0.05, 0) is 18.6 Å². The van der Waals surface area contributed by atoms with Gasteiger partial charge in [-0.3, -0.25) is 9.89 Å². The predicted molar refractivity (Wildman–Crippen MR) is 79.7 cm³/mol. The van der Waals surface area contributed by atoms with E-state index in [0.717, 1.165) is 12.5 Å². The highest BCUT2D eigenvalue weighted by Crippen LogP contribution is 2.30. The molecular weight excluding hydrogens is 339 g/mol. The topological polar surface area (TPSA) is 84.0 Å². The number of nitrogens with one attached hydrogen (secondary N) is 1. The van der Waals surface area contributed by atoms with Gasteiger partial charge >= 0.3 is 6.18 Å². The van der Waals surface area contributed by atoms with E-state index in [9.17, 15) is 18.0 Å². The van der Waals surface area contributed by atoms with Crippen molar-refractivity contribution in [2.24, 2.45) is 0 Å². The highest BCUT2D eigenvalue weighted by atomic mass is 19.4. The number of pyridine rings is 1. The molecule has 25 heavy (non-hydrogen) atoms. The molecule has 1 N–H and O–H groups in total.